The summed E-state index contributed by atoms with van der Waals surface area (Å²) in [4.78, 5) is 18.9. The van der Waals surface area contributed by atoms with Crippen LogP contribution in [-0.4, -0.2) is 34.1 Å². The van der Waals surface area contributed by atoms with Crippen molar-refractivity contribution < 1.29 is 14.4 Å². The van der Waals surface area contributed by atoms with Gasteiger partial charge in [0.2, 0.25) is 11.8 Å². The minimum atomic E-state index is -0.488. The molecule has 1 aliphatic heterocycles. The second-order valence-electron chi connectivity index (χ2n) is 6.41. The summed E-state index contributed by atoms with van der Waals surface area (Å²) in [5, 5.41) is 17.8. The molecule has 0 unspecified atom stereocenters. The lowest BCUT2D eigenvalue weighted by molar-refractivity contribution is -0.384. The lowest BCUT2D eigenvalue weighted by atomic mass is 10.2. The Labute approximate surface area is 160 Å². The van der Waals surface area contributed by atoms with Crippen molar-refractivity contribution in [1.82, 2.24) is 9.97 Å². The van der Waals surface area contributed by atoms with Crippen molar-refractivity contribution in [3.05, 3.63) is 39.0 Å². The quantitative estimate of drug-likeness (QED) is 0.569. The lowest BCUT2D eigenvalue weighted by Crippen LogP contribution is -2.10. The number of nitro groups is 1. The maximum absolute atomic E-state index is 11.1. The standard InChI is InChI=1S/C17H18ClN5O4/c18-12-6-10(7-14-15(12)27-5-1-4-26-14)8-19-17-20-9-13(23(24)25)16(22-17)21-11-2-3-11/h6-7,9,11H,1-5,8H2,(H2,19,20,21,22). The van der Waals surface area contributed by atoms with E-state index in [4.69, 9.17) is 21.1 Å². The Morgan fingerprint density at radius 3 is 2.89 bits per heavy atom. The summed E-state index contributed by atoms with van der Waals surface area (Å²) in [6.07, 6.45) is 3.98. The first kappa shape index (κ1) is 17.6. The highest BCUT2D eigenvalue weighted by atomic mass is 35.5. The average Bonchev–Trinajstić information content (AvgIpc) is 3.46. The molecule has 4 rings (SSSR count). The summed E-state index contributed by atoms with van der Waals surface area (Å²) in [6.45, 7) is 1.52. The van der Waals surface area contributed by atoms with Gasteiger partial charge in [-0.15, -0.1) is 0 Å². The van der Waals surface area contributed by atoms with Gasteiger partial charge in [0, 0.05) is 19.0 Å². The molecule has 1 saturated carbocycles. The summed E-state index contributed by atoms with van der Waals surface area (Å²) >= 11 is 6.30. The lowest BCUT2D eigenvalue weighted by Gasteiger charge is -2.12. The number of ether oxygens (including phenoxy) is 2. The third-order valence-electron chi connectivity index (χ3n) is 4.20. The van der Waals surface area contributed by atoms with E-state index in [1.807, 2.05) is 6.07 Å². The molecular formula is C17H18ClN5O4. The Balaban J connectivity index is 1.50. The van der Waals surface area contributed by atoms with Crippen LogP contribution in [0.2, 0.25) is 5.02 Å². The summed E-state index contributed by atoms with van der Waals surface area (Å²) in [5.41, 5.74) is 0.731. The molecule has 0 amide bonds. The molecule has 142 valence electrons. The first-order valence-electron chi connectivity index (χ1n) is 8.70. The van der Waals surface area contributed by atoms with Crippen molar-refractivity contribution in [2.45, 2.75) is 31.8 Å². The third kappa shape index (κ3) is 4.13. The third-order valence-corrected chi connectivity index (χ3v) is 4.48. The number of hydrogen-bond donors (Lipinski definition) is 2. The smallest absolute Gasteiger partial charge is 0.329 e. The van der Waals surface area contributed by atoms with E-state index < -0.39 is 4.92 Å². The molecule has 0 atom stereocenters. The molecule has 2 aromatic rings. The number of fused-ring (bicyclic) bond motifs is 1. The zero-order valence-corrected chi connectivity index (χ0v) is 15.2. The number of anilines is 2. The van der Waals surface area contributed by atoms with E-state index in [1.165, 1.54) is 6.20 Å². The van der Waals surface area contributed by atoms with Gasteiger partial charge >= 0.3 is 5.69 Å². The van der Waals surface area contributed by atoms with Crippen molar-refractivity contribution in [3.8, 4) is 11.5 Å². The van der Waals surface area contributed by atoms with Gasteiger partial charge in [0.05, 0.1) is 23.2 Å². The van der Waals surface area contributed by atoms with Gasteiger partial charge in [0.1, 0.15) is 6.20 Å². The fourth-order valence-corrected chi connectivity index (χ4v) is 2.98. The van der Waals surface area contributed by atoms with Crippen molar-refractivity contribution in [1.29, 1.82) is 0 Å². The predicted molar refractivity (Wildman–Crippen MR) is 99.7 cm³/mol. The topological polar surface area (TPSA) is 111 Å². The van der Waals surface area contributed by atoms with Gasteiger partial charge in [-0.25, -0.2) is 4.98 Å². The first-order chi connectivity index (χ1) is 13.1. The van der Waals surface area contributed by atoms with Gasteiger partial charge < -0.3 is 20.1 Å². The SMILES string of the molecule is O=[N+]([O-])c1cnc(NCc2cc(Cl)c3c(c2)OCCCO3)nc1NC1CC1. The number of nitrogens with one attached hydrogen (secondary N) is 2. The van der Waals surface area contributed by atoms with Crippen molar-refractivity contribution in [2.75, 3.05) is 23.8 Å². The molecule has 2 N–H and O–H groups in total. The van der Waals surface area contributed by atoms with E-state index in [2.05, 4.69) is 20.6 Å². The van der Waals surface area contributed by atoms with Crippen LogP contribution in [0.5, 0.6) is 11.5 Å². The van der Waals surface area contributed by atoms with Crippen LogP contribution in [0.1, 0.15) is 24.8 Å². The van der Waals surface area contributed by atoms with E-state index >= 15 is 0 Å². The Morgan fingerprint density at radius 1 is 1.30 bits per heavy atom. The molecule has 27 heavy (non-hydrogen) atoms. The van der Waals surface area contributed by atoms with E-state index in [0.29, 0.717) is 42.2 Å². The summed E-state index contributed by atoms with van der Waals surface area (Å²) in [6, 6.07) is 3.89. The molecule has 2 aliphatic rings. The first-order valence-corrected chi connectivity index (χ1v) is 9.08. The van der Waals surface area contributed by atoms with Crippen LogP contribution in [0.4, 0.5) is 17.5 Å². The number of rotatable bonds is 6. The average molecular weight is 392 g/mol. The Kier molecular flexibility index (Phi) is 4.85. The molecule has 9 nitrogen and oxygen atoms in total. The van der Waals surface area contributed by atoms with Crippen molar-refractivity contribution in [3.63, 3.8) is 0 Å². The fourth-order valence-electron chi connectivity index (χ4n) is 2.69. The molecule has 1 aromatic heterocycles. The van der Waals surface area contributed by atoms with Crippen LogP contribution in [0.25, 0.3) is 0 Å². The zero-order chi connectivity index (χ0) is 18.8. The minimum absolute atomic E-state index is 0.133. The van der Waals surface area contributed by atoms with Gasteiger partial charge in [-0.05, 0) is 30.5 Å². The number of hydrogen-bond acceptors (Lipinski definition) is 8. The van der Waals surface area contributed by atoms with Crippen molar-refractivity contribution >= 4 is 29.1 Å². The highest BCUT2D eigenvalue weighted by Gasteiger charge is 2.26. The van der Waals surface area contributed by atoms with Crippen LogP contribution >= 0.6 is 11.6 Å². The summed E-state index contributed by atoms with van der Waals surface area (Å²) < 4.78 is 11.3. The number of benzene rings is 1. The molecule has 2 heterocycles. The van der Waals surface area contributed by atoms with Crippen LogP contribution in [-0.2, 0) is 6.54 Å². The molecule has 1 fully saturated rings. The molecule has 0 radical (unpaired) electrons. The molecule has 1 aliphatic carbocycles. The van der Waals surface area contributed by atoms with E-state index in [0.717, 1.165) is 24.8 Å². The fraction of sp³-hybridized carbons (Fsp3) is 0.412. The van der Waals surface area contributed by atoms with Crippen LogP contribution in [0.3, 0.4) is 0 Å². The minimum Gasteiger partial charge on any atom is -0.489 e. The highest BCUT2D eigenvalue weighted by Crippen LogP contribution is 2.38. The number of halogens is 1. The monoisotopic (exact) mass is 391 g/mol. The molecular weight excluding hydrogens is 374 g/mol. The zero-order valence-electron chi connectivity index (χ0n) is 14.4. The highest BCUT2D eigenvalue weighted by molar-refractivity contribution is 6.32. The normalized spacial score (nSPS) is 15.7. The largest absolute Gasteiger partial charge is 0.489 e. The molecule has 0 saturated heterocycles. The maximum Gasteiger partial charge on any atom is 0.329 e. The maximum atomic E-state index is 11.1. The van der Waals surface area contributed by atoms with Gasteiger partial charge in [0.15, 0.2) is 11.5 Å². The van der Waals surface area contributed by atoms with E-state index in [-0.39, 0.29) is 17.5 Å². The summed E-state index contributed by atoms with van der Waals surface area (Å²) in [7, 11) is 0. The second kappa shape index (κ2) is 7.43. The Hall–Kier alpha value is -2.81. The van der Waals surface area contributed by atoms with E-state index in [1.54, 1.807) is 6.07 Å². The van der Waals surface area contributed by atoms with Crippen molar-refractivity contribution in [2.24, 2.45) is 0 Å². The Morgan fingerprint density at radius 2 is 2.11 bits per heavy atom. The van der Waals surface area contributed by atoms with Gasteiger partial charge in [-0.3, -0.25) is 10.1 Å². The van der Waals surface area contributed by atoms with Gasteiger partial charge in [-0.2, -0.15) is 4.98 Å². The predicted octanol–water partition coefficient (Wildman–Crippen LogP) is 3.39. The van der Waals surface area contributed by atoms with Crippen LogP contribution < -0.4 is 20.1 Å². The number of aromatic nitrogens is 2. The summed E-state index contributed by atoms with van der Waals surface area (Å²) in [5.74, 6) is 1.70. The van der Waals surface area contributed by atoms with Crippen LogP contribution in [0, 0.1) is 10.1 Å². The molecule has 1 aromatic carbocycles. The number of nitrogens with zero attached hydrogens (tertiary/aromatic N) is 3. The molecule has 0 spiro atoms. The molecule has 0 bridgehead atoms. The Bertz CT molecular complexity index is 875. The van der Waals surface area contributed by atoms with Crippen LogP contribution in [0.15, 0.2) is 18.3 Å². The van der Waals surface area contributed by atoms with Gasteiger partial charge in [-0.1, -0.05) is 11.6 Å². The van der Waals surface area contributed by atoms with Gasteiger partial charge in [0.25, 0.3) is 0 Å². The van der Waals surface area contributed by atoms with E-state index in [9.17, 15) is 10.1 Å². The second-order valence-corrected chi connectivity index (χ2v) is 6.82. The molecule has 10 heteroatoms.